The molecule has 90 valence electrons. The number of hydrogen-bond donors (Lipinski definition) is 2. The van der Waals surface area contributed by atoms with Crippen molar-refractivity contribution in [2.24, 2.45) is 0 Å². The summed E-state index contributed by atoms with van der Waals surface area (Å²) >= 11 is 0. The molecule has 0 atom stereocenters. The Balaban J connectivity index is 3.28. The normalized spacial score (nSPS) is 11.6. The maximum Gasteiger partial charge on any atom is 0.296 e. The molecule has 16 heavy (non-hydrogen) atoms. The SMILES string of the molecule is COc1ccc(NC(C)C)c(S(=O)(=O)O)c1. The van der Waals surface area contributed by atoms with Gasteiger partial charge in [0.25, 0.3) is 10.1 Å². The summed E-state index contributed by atoms with van der Waals surface area (Å²) in [5, 5.41) is 2.94. The van der Waals surface area contributed by atoms with E-state index in [1.807, 2.05) is 13.8 Å². The molecule has 0 unspecified atom stereocenters. The van der Waals surface area contributed by atoms with Crippen LogP contribution < -0.4 is 10.1 Å². The Hall–Kier alpha value is -1.27. The van der Waals surface area contributed by atoms with Gasteiger partial charge in [-0.25, -0.2) is 0 Å². The molecule has 0 aliphatic heterocycles. The van der Waals surface area contributed by atoms with E-state index in [1.54, 1.807) is 12.1 Å². The minimum absolute atomic E-state index is 0.0638. The van der Waals surface area contributed by atoms with Crippen molar-refractivity contribution in [3.05, 3.63) is 18.2 Å². The smallest absolute Gasteiger partial charge is 0.296 e. The van der Waals surface area contributed by atoms with Crippen molar-refractivity contribution in [3.63, 3.8) is 0 Å². The van der Waals surface area contributed by atoms with Gasteiger partial charge in [-0.05, 0) is 26.0 Å². The highest BCUT2D eigenvalue weighted by atomic mass is 32.2. The molecule has 0 fully saturated rings. The maximum absolute atomic E-state index is 11.2. The van der Waals surface area contributed by atoms with E-state index in [2.05, 4.69) is 5.32 Å². The molecule has 1 aromatic rings. The van der Waals surface area contributed by atoms with E-state index < -0.39 is 10.1 Å². The van der Waals surface area contributed by atoms with Crippen molar-refractivity contribution in [2.75, 3.05) is 12.4 Å². The third-order valence-corrected chi connectivity index (χ3v) is 2.80. The quantitative estimate of drug-likeness (QED) is 0.790. The van der Waals surface area contributed by atoms with Gasteiger partial charge in [-0.3, -0.25) is 4.55 Å². The predicted octanol–water partition coefficient (Wildman–Crippen LogP) is 1.76. The first-order chi connectivity index (χ1) is 7.34. The summed E-state index contributed by atoms with van der Waals surface area (Å²) in [7, 11) is -2.82. The highest BCUT2D eigenvalue weighted by Gasteiger charge is 2.17. The third kappa shape index (κ3) is 3.11. The first kappa shape index (κ1) is 12.8. The van der Waals surface area contributed by atoms with E-state index in [0.29, 0.717) is 11.4 Å². The lowest BCUT2D eigenvalue weighted by molar-refractivity contribution is 0.412. The molecule has 0 saturated heterocycles. The van der Waals surface area contributed by atoms with Crippen LogP contribution in [0.1, 0.15) is 13.8 Å². The highest BCUT2D eigenvalue weighted by molar-refractivity contribution is 7.86. The molecule has 1 rings (SSSR count). The average Bonchev–Trinajstić information content (AvgIpc) is 2.15. The van der Waals surface area contributed by atoms with Crippen LogP contribution in [0.25, 0.3) is 0 Å². The molecule has 1 aromatic carbocycles. The van der Waals surface area contributed by atoms with E-state index >= 15 is 0 Å². The Kier molecular flexibility index (Phi) is 3.77. The van der Waals surface area contributed by atoms with Crippen LogP contribution in [-0.2, 0) is 10.1 Å². The van der Waals surface area contributed by atoms with Crippen LogP contribution in [0.3, 0.4) is 0 Å². The minimum Gasteiger partial charge on any atom is -0.497 e. The van der Waals surface area contributed by atoms with Crippen molar-refractivity contribution < 1.29 is 17.7 Å². The molecule has 5 nitrogen and oxygen atoms in total. The van der Waals surface area contributed by atoms with Crippen LogP contribution in [0.5, 0.6) is 5.75 Å². The Morgan fingerprint density at radius 2 is 2.00 bits per heavy atom. The molecular weight excluding hydrogens is 230 g/mol. The zero-order chi connectivity index (χ0) is 12.3. The number of hydrogen-bond acceptors (Lipinski definition) is 4. The summed E-state index contributed by atoms with van der Waals surface area (Å²) in [5.41, 5.74) is 0.360. The standard InChI is InChI=1S/C10H15NO4S/c1-7(2)11-9-5-4-8(15-3)6-10(9)16(12,13)14/h4-7,11H,1-3H3,(H,12,13,14). The number of benzene rings is 1. The van der Waals surface area contributed by atoms with Crippen molar-refractivity contribution in [3.8, 4) is 5.75 Å². The van der Waals surface area contributed by atoms with Gasteiger partial charge < -0.3 is 10.1 Å². The number of methoxy groups -OCH3 is 1. The maximum atomic E-state index is 11.2. The van der Waals surface area contributed by atoms with Crippen molar-refractivity contribution in [1.29, 1.82) is 0 Å². The van der Waals surface area contributed by atoms with Gasteiger partial charge in [-0.1, -0.05) is 0 Å². The monoisotopic (exact) mass is 245 g/mol. The molecular formula is C10H15NO4S. The van der Waals surface area contributed by atoms with Crippen LogP contribution >= 0.6 is 0 Å². The molecule has 0 aliphatic carbocycles. The van der Waals surface area contributed by atoms with Crippen LogP contribution in [0, 0.1) is 0 Å². The van der Waals surface area contributed by atoms with Gasteiger partial charge in [0.15, 0.2) is 0 Å². The minimum atomic E-state index is -4.25. The summed E-state index contributed by atoms with van der Waals surface area (Å²) in [5.74, 6) is 0.377. The van der Waals surface area contributed by atoms with Crippen molar-refractivity contribution in [1.82, 2.24) is 0 Å². The summed E-state index contributed by atoms with van der Waals surface area (Å²) in [6.07, 6.45) is 0. The summed E-state index contributed by atoms with van der Waals surface area (Å²) in [6, 6.07) is 4.52. The fourth-order valence-corrected chi connectivity index (χ4v) is 1.94. The average molecular weight is 245 g/mol. The Bertz CT molecular complexity index is 468. The number of anilines is 1. The second kappa shape index (κ2) is 4.71. The lowest BCUT2D eigenvalue weighted by atomic mass is 10.2. The molecule has 0 bridgehead atoms. The van der Waals surface area contributed by atoms with E-state index in [4.69, 9.17) is 9.29 Å². The summed E-state index contributed by atoms with van der Waals surface area (Å²) in [4.78, 5) is -0.180. The zero-order valence-electron chi connectivity index (χ0n) is 9.39. The fraction of sp³-hybridized carbons (Fsp3) is 0.400. The fourth-order valence-electron chi connectivity index (χ4n) is 1.27. The van der Waals surface area contributed by atoms with Gasteiger partial charge in [0.1, 0.15) is 10.6 Å². The van der Waals surface area contributed by atoms with Gasteiger partial charge in [0.05, 0.1) is 12.8 Å². The zero-order valence-corrected chi connectivity index (χ0v) is 10.2. The van der Waals surface area contributed by atoms with Crippen LogP contribution in [0.2, 0.25) is 0 Å². The number of ether oxygens (including phenoxy) is 1. The van der Waals surface area contributed by atoms with E-state index in [0.717, 1.165) is 0 Å². The van der Waals surface area contributed by atoms with Gasteiger partial charge >= 0.3 is 0 Å². The largest absolute Gasteiger partial charge is 0.497 e. The topological polar surface area (TPSA) is 75.6 Å². The first-order valence-electron chi connectivity index (χ1n) is 4.76. The van der Waals surface area contributed by atoms with Crippen molar-refractivity contribution in [2.45, 2.75) is 24.8 Å². The van der Waals surface area contributed by atoms with Crippen molar-refractivity contribution >= 4 is 15.8 Å². The van der Waals surface area contributed by atoms with E-state index in [9.17, 15) is 8.42 Å². The molecule has 0 saturated carbocycles. The number of rotatable bonds is 4. The van der Waals surface area contributed by atoms with E-state index in [-0.39, 0.29) is 10.9 Å². The molecule has 2 N–H and O–H groups in total. The van der Waals surface area contributed by atoms with Gasteiger partial charge in [0, 0.05) is 12.1 Å². The summed E-state index contributed by atoms with van der Waals surface area (Å²) in [6.45, 7) is 3.75. The molecule has 0 heterocycles. The Morgan fingerprint density at radius 3 is 2.44 bits per heavy atom. The Morgan fingerprint density at radius 1 is 1.38 bits per heavy atom. The second-order valence-electron chi connectivity index (χ2n) is 3.64. The number of nitrogens with one attached hydrogen (secondary N) is 1. The summed E-state index contributed by atoms with van der Waals surface area (Å²) < 4.78 is 36.3. The lowest BCUT2D eigenvalue weighted by Crippen LogP contribution is -2.13. The molecule has 6 heteroatoms. The molecule has 0 aromatic heterocycles. The first-order valence-corrected chi connectivity index (χ1v) is 6.20. The predicted molar refractivity (Wildman–Crippen MR) is 61.6 cm³/mol. The molecule has 0 spiro atoms. The van der Waals surface area contributed by atoms with Crippen LogP contribution in [-0.4, -0.2) is 26.1 Å². The molecule has 0 radical (unpaired) electrons. The molecule has 0 amide bonds. The molecule has 0 aliphatic rings. The van der Waals surface area contributed by atoms with Gasteiger partial charge in [-0.2, -0.15) is 8.42 Å². The van der Waals surface area contributed by atoms with E-state index in [1.165, 1.54) is 13.2 Å². The van der Waals surface area contributed by atoms with Crippen LogP contribution in [0.15, 0.2) is 23.1 Å². The van der Waals surface area contributed by atoms with Gasteiger partial charge in [-0.15, -0.1) is 0 Å². The second-order valence-corrected chi connectivity index (χ2v) is 5.03. The van der Waals surface area contributed by atoms with Gasteiger partial charge in [0.2, 0.25) is 0 Å². The van der Waals surface area contributed by atoms with Crippen LogP contribution in [0.4, 0.5) is 5.69 Å². The third-order valence-electron chi connectivity index (χ3n) is 1.91. The lowest BCUT2D eigenvalue weighted by Gasteiger charge is -2.14. The highest BCUT2D eigenvalue weighted by Crippen LogP contribution is 2.26. The Labute approximate surface area is 95.2 Å².